The van der Waals surface area contributed by atoms with Crippen molar-refractivity contribution in [3.05, 3.63) is 30.1 Å². The highest BCUT2D eigenvalue weighted by atomic mass is 35.5. The van der Waals surface area contributed by atoms with Crippen LogP contribution < -0.4 is 0 Å². The van der Waals surface area contributed by atoms with E-state index in [-0.39, 0.29) is 24.0 Å². The molecule has 5 heteroatoms. The lowest BCUT2D eigenvalue weighted by Gasteiger charge is -1.96. The topological polar surface area (TPSA) is 37.3 Å². The van der Waals surface area contributed by atoms with Gasteiger partial charge in [-0.3, -0.25) is 4.79 Å². The number of rotatable bonds is 3. The van der Waals surface area contributed by atoms with Crippen LogP contribution in [0.3, 0.4) is 0 Å². The molecule has 72 valence electrons. The van der Waals surface area contributed by atoms with Crippen LogP contribution in [-0.4, -0.2) is 16.8 Å². The Labute approximate surface area is 85.6 Å². The van der Waals surface area contributed by atoms with Gasteiger partial charge in [0.1, 0.15) is 5.82 Å². The SMILES string of the molecule is Cl.O=C(O)CSc1ccc(F)cc1. The van der Waals surface area contributed by atoms with Gasteiger partial charge in [-0.05, 0) is 24.3 Å². The normalized spacial score (nSPS) is 9.00. The molecule has 0 fully saturated rings. The zero-order valence-electron chi connectivity index (χ0n) is 6.57. The summed E-state index contributed by atoms with van der Waals surface area (Å²) in [5, 5.41) is 8.33. The Morgan fingerprint density at radius 1 is 1.38 bits per heavy atom. The lowest BCUT2D eigenvalue weighted by Crippen LogP contribution is -1.97. The standard InChI is InChI=1S/C8H7FO2S.ClH/c9-6-1-3-7(4-2-6)12-5-8(10)11;/h1-4H,5H2,(H,10,11);1H. The van der Waals surface area contributed by atoms with Crippen LogP contribution in [0.25, 0.3) is 0 Å². The van der Waals surface area contributed by atoms with E-state index in [4.69, 9.17) is 5.11 Å². The molecule has 1 N–H and O–H groups in total. The Hall–Kier alpha value is -0.740. The molecule has 0 heterocycles. The first-order chi connectivity index (χ1) is 5.68. The first-order valence-electron chi connectivity index (χ1n) is 3.28. The van der Waals surface area contributed by atoms with E-state index in [1.165, 1.54) is 23.9 Å². The van der Waals surface area contributed by atoms with Gasteiger partial charge in [-0.15, -0.1) is 24.2 Å². The van der Waals surface area contributed by atoms with Crippen molar-refractivity contribution >= 4 is 30.1 Å². The van der Waals surface area contributed by atoms with Crippen molar-refractivity contribution in [2.45, 2.75) is 4.90 Å². The minimum absolute atomic E-state index is 0. The number of thioether (sulfide) groups is 1. The quantitative estimate of drug-likeness (QED) is 0.799. The average molecular weight is 223 g/mol. The van der Waals surface area contributed by atoms with Gasteiger partial charge >= 0.3 is 5.97 Å². The van der Waals surface area contributed by atoms with E-state index in [2.05, 4.69) is 0 Å². The minimum atomic E-state index is -0.871. The molecule has 0 amide bonds. The summed E-state index contributed by atoms with van der Waals surface area (Å²) >= 11 is 1.17. The second-order valence-corrected chi connectivity index (χ2v) is 3.19. The summed E-state index contributed by atoms with van der Waals surface area (Å²) in [5.41, 5.74) is 0. The van der Waals surface area contributed by atoms with Crippen molar-refractivity contribution in [3.63, 3.8) is 0 Å². The van der Waals surface area contributed by atoms with Gasteiger partial charge in [-0.1, -0.05) is 0 Å². The molecule has 0 bridgehead atoms. The number of hydrogen-bond acceptors (Lipinski definition) is 2. The van der Waals surface area contributed by atoms with Gasteiger partial charge < -0.3 is 5.11 Å². The van der Waals surface area contributed by atoms with Gasteiger partial charge in [0.15, 0.2) is 0 Å². The fourth-order valence-corrected chi connectivity index (χ4v) is 1.29. The molecule has 13 heavy (non-hydrogen) atoms. The number of carboxylic acids is 1. The van der Waals surface area contributed by atoms with Gasteiger partial charge in [-0.2, -0.15) is 0 Å². The Morgan fingerprint density at radius 2 is 1.92 bits per heavy atom. The lowest BCUT2D eigenvalue weighted by molar-refractivity contribution is -0.133. The van der Waals surface area contributed by atoms with Crippen LogP contribution in [0.15, 0.2) is 29.2 Å². The number of carbonyl (C=O) groups is 1. The van der Waals surface area contributed by atoms with Crippen LogP contribution in [-0.2, 0) is 4.79 Å². The fraction of sp³-hybridized carbons (Fsp3) is 0.125. The number of carboxylic acid groups (broad SMARTS) is 1. The van der Waals surface area contributed by atoms with Crippen LogP contribution in [0.1, 0.15) is 0 Å². The van der Waals surface area contributed by atoms with Gasteiger partial charge in [0, 0.05) is 4.90 Å². The maximum absolute atomic E-state index is 12.4. The van der Waals surface area contributed by atoms with Crippen molar-refractivity contribution in [1.82, 2.24) is 0 Å². The molecular formula is C8H8ClFO2S. The van der Waals surface area contributed by atoms with Crippen molar-refractivity contribution in [3.8, 4) is 0 Å². The fourth-order valence-electron chi connectivity index (χ4n) is 0.676. The molecule has 0 aliphatic heterocycles. The lowest BCUT2D eigenvalue weighted by atomic mass is 10.4. The van der Waals surface area contributed by atoms with Crippen molar-refractivity contribution in [2.24, 2.45) is 0 Å². The summed E-state index contributed by atoms with van der Waals surface area (Å²) in [7, 11) is 0. The van der Waals surface area contributed by atoms with E-state index in [0.717, 1.165) is 4.90 Å². The molecule has 0 spiro atoms. The van der Waals surface area contributed by atoms with Crippen LogP contribution in [0.5, 0.6) is 0 Å². The minimum Gasteiger partial charge on any atom is -0.481 e. The molecule has 1 rings (SSSR count). The summed E-state index contributed by atoms with van der Waals surface area (Å²) in [5.74, 6) is -1.18. The first-order valence-corrected chi connectivity index (χ1v) is 4.27. The second-order valence-electron chi connectivity index (χ2n) is 2.14. The molecule has 0 saturated carbocycles. The molecule has 0 atom stereocenters. The third-order valence-corrected chi connectivity index (χ3v) is 2.17. The zero-order chi connectivity index (χ0) is 8.97. The predicted octanol–water partition coefficient (Wildman–Crippen LogP) is 2.42. The van der Waals surface area contributed by atoms with Crippen molar-refractivity contribution in [2.75, 3.05) is 5.75 Å². The summed E-state index contributed by atoms with van der Waals surface area (Å²) in [6.45, 7) is 0. The van der Waals surface area contributed by atoms with E-state index in [0.29, 0.717) is 0 Å². The molecule has 0 unspecified atom stereocenters. The smallest absolute Gasteiger partial charge is 0.313 e. The Morgan fingerprint density at radius 3 is 2.38 bits per heavy atom. The van der Waals surface area contributed by atoms with Gasteiger partial charge in [0.05, 0.1) is 5.75 Å². The number of halogens is 2. The highest BCUT2D eigenvalue weighted by Crippen LogP contribution is 2.17. The average Bonchev–Trinajstić information content (AvgIpc) is 2.03. The number of aliphatic carboxylic acids is 1. The molecule has 0 saturated heterocycles. The van der Waals surface area contributed by atoms with Crippen LogP contribution >= 0.6 is 24.2 Å². The van der Waals surface area contributed by atoms with E-state index >= 15 is 0 Å². The third kappa shape index (κ3) is 4.75. The predicted molar refractivity (Wildman–Crippen MR) is 52.0 cm³/mol. The maximum atomic E-state index is 12.4. The van der Waals surface area contributed by atoms with E-state index in [1.54, 1.807) is 12.1 Å². The molecule has 2 nitrogen and oxygen atoms in total. The Balaban J connectivity index is 0.00000144. The van der Waals surface area contributed by atoms with Crippen molar-refractivity contribution < 1.29 is 14.3 Å². The zero-order valence-corrected chi connectivity index (χ0v) is 8.20. The maximum Gasteiger partial charge on any atom is 0.313 e. The monoisotopic (exact) mass is 222 g/mol. The summed E-state index contributed by atoms with van der Waals surface area (Å²) in [4.78, 5) is 10.9. The van der Waals surface area contributed by atoms with E-state index in [9.17, 15) is 9.18 Å². The highest BCUT2D eigenvalue weighted by Gasteiger charge is 1.98. The summed E-state index contributed by atoms with van der Waals surface area (Å²) in [6.07, 6.45) is 0. The first kappa shape index (κ1) is 12.3. The van der Waals surface area contributed by atoms with Crippen LogP contribution in [0, 0.1) is 5.82 Å². The van der Waals surface area contributed by atoms with E-state index < -0.39 is 5.97 Å². The van der Waals surface area contributed by atoms with Crippen LogP contribution in [0.4, 0.5) is 4.39 Å². The number of hydrogen-bond donors (Lipinski definition) is 1. The van der Waals surface area contributed by atoms with E-state index in [1.807, 2.05) is 0 Å². The molecule has 0 aliphatic rings. The second kappa shape index (κ2) is 5.83. The number of benzene rings is 1. The molecular weight excluding hydrogens is 215 g/mol. The molecule has 1 aromatic carbocycles. The van der Waals surface area contributed by atoms with Gasteiger partial charge in [0.2, 0.25) is 0 Å². The molecule has 1 aromatic rings. The summed E-state index contributed by atoms with van der Waals surface area (Å²) < 4.78 is 12.4. The molecule has 0 radical (unpaired) electrons. The Bertz CT molecular complexity index is 276. The molecule has 0 aromatic heterocycles. The van der Waals surface area contributed by atoms with Gasteiger partial charge in [-0.25, -0.2) is 4.39 Å². The molecule has 0 aliphatic carbocycles. The largest absolute Gasteiger partial charge is 0.481 e. The van der Waals surface area contributed by atoms with Crippen molar-refractivity contribution in [1.29, 1.82) is 0 Å². The van der Waals surface area contributed by atoms with Gasteiger partial charge in [0.25, 0.3) is 0 Å². The summed E-state index contributed by atoms with van der Waals surface area (Å²) in [6, 6.07) is 5.74. The third-order valence-electron chi connectivity index (χ3n) is 1.18. The van der Waals surface area contributed by atoms with Crippen LogP contribution in [0.2, 0.25) is 0 Å². The Kier molecular flexibility index (Phi) is 5.50. The highest BCUT2D eigenvalue weighted by molar-refractivity contribution is 8.00.